The molecule has 0 aromatic carbocycles. The maximum absolute atomic E-state index is 11.6. The lowest BCUT2D eigenvalue weighted by Gasteiger charge is -2.37. The van der Waals surface area contributed by atoms with Gasteiger partial charge in [-0.3, -0.25) is 4.79 Å². The first kappa shape index (κ1) is 12.5. The average Bonchev–Trinajstić information content (AvgIpc) is 2.19. The minimum absolute atomic E-state index is 0.240. The van der Waals surface area contributed by atoms with Crippen molar-refractivity contribution in [2.75, 3.05) is 19.8 Å². The first-order valence-electron chi connectivity index (χ1n) is 5.60. The van der Waals surface area contributed by atoms with Crippen molar-refractivity contribution in [1.82, 2.24) is 0 Å². The van der Waals surface area contributed by atoms with E-state index in [2.05, 4.69) is 0 Å². The van der Waals surface area contributed by atoms with Crippen LogP contribution in [0, 0.1) is 5.92 Å². The molecule has 1 fully saturated rings. The largest absolute Gasteiger partial charge is 0.466 e. The zero-order valence-corrected chi connectivity index (χ0v) is 9.49. The van der Waals surface area contributed by atoms with Crippen LogP contribution < -0.4 is 0 Å². The van der Waals surface area contributed by atoms with Crippen molar-refractivity contribution >= 4 is 5.97 Å². The molecule has 0 amide bonds. The van der Waals surface area contributed by atoms with E-state index in [-0.39, 0.29) is 12.6 Å². The molecular weight excluding hydrogens is 196 g/mol. The van der Waals surface area contributed by atoms with Crippen LogP contribution in [-0.4, -0.2) is 36.5 Å². The second kappa shape index (κ2) is 5.47. The lowest BCUT2D eigenvalue weighted by molar-refractivity contribution is -0.171. The summed E-state index contributed by atoms with van der Waals surface area (Å²) < 4.78 is 10.2. The molecule has 4 nitrogen and oxygen atoms in total. The summed E-state index contributed by atoms with van der Waals surface area (Å²) in [5.41, 5.74) is -1.03. The van der Waals surface area contributed by atoms with Crippen molar-refractivity contribution in [1.29, 1.82) is 0 Å². The van der Waals surface area contributed by atoms with Crippen molar-refractivity contribution in [3.8, 4) is 0 Å². The summed E-state index contributed by atoms with van der Waals surface area (Å²) >= 11 is 0. The van der Waals surface area contributed by atoms with E-state index in [0.717, 1.165) is 6.42 Å². The van der Waals surface area contributed by atoms with Gasteiger partial charge in [0.15, 0.2) is 0 Å². The van der Waals surface area contributed by atoms with Crippen molar-refractivity contribution in [2.45, 2.75) is 38.7 Å². The SMILES string of the molecule is CCOC(=O)C(CC)C1(O)CCCOC1. The van der Waals surface area contributed by atoms with E-state index in [1.165, 1.54) is 0 Å². The fourth-order valence-electron chi connectivity index (χ4n) is 2.09. The number of hydrogen-bond donors (Lipinski definition) is 1. The van der Waals surface area contributed by atoms with Crippen LogP contribution in [0.25, 0.3) is 0 Å². The number of ether oxygens (including phenoxy) is 2. The molecule has 1 saturated heterocycles. The van der Waals surface area contributed by atoms with Gasteiger partial charge in [-0.2, -0.15) is 0 Å². The van der Waals surface area contributed by atoms with Crippen LogP contribution in [0.1, 0.15) is 33.1 Å². The zero-order valence-electron chi connectivity index (χ0n) is 9.49. The third-order valence-corrected chi connectivity index (χ3v) is 2.88. The summed E-state index contributed by atoms with van der Waals surface area (Å²) in [7, 11) is 0. The van der Waals surface area contributed by atoms with Gasteiger partial charge in [0, 0.05) is 6.61 Å². The Hall–Kier alpha value is -0.610. The van der Waals surface area contributed by atoms with Crippen molar-refractivity contribution in [2.24, 2.45) is 5.92 Å². The van der Waals surface area contributed by atoms with Gasteiger partial charge in [0.1, 0.15) is 5.60 Å². The van der Waals surface area contributed by atoms with Gasteiger partial charge in [-0.15, -0.1) is 0 Å². The number of rotatable bonds is 4. The van der Waals surface area contributed by atoms with Gasteiger partial charge >= 0.3 is 5.97 Å². The van der Waals surface area contributed by atoms with Crippen molar-refractivity contribution in [3.63, 3.8) is 0 Å². The molecule has 0 aromatic heterocycles. The lowest BCUT2D eigenvalue weighted by Crippen LogP contribution is -2.49. The fraction of sp³-hybridized carbons (Fsp3) is 0.909. The quantitative estimate of drug-likeness (QED) is 0.715. The Kier molecular flexibility index (Phi) is 4.54. The summed E-state index contributed by atoms with van der Waals surface area (Å²) in [6.07, 6.45) is 2.00. The molecule has 1 N–H and O–H groups in total. The summed E-state index contributed by atoms with van der Waals surface area (Å²) in [5, 5.41) is 10.3. The van der Waals surface area contributed by atoms with Crippen LogP contribution in [0.4, 0.5) is 0 Å². The number of carbonyl (C=O) groups is 1. The minimum atomic E-state index is -1.03. The summed E-state index contributed by atoms with van der Waals surface area (Å²) in [5.74, 6) is -0.772. The van der Waals surface area contributed by atoms with E-state index < -0.39 is 11.5 Å². The lowest BCUT2D eigenvalue weighted by atomic mass is 9.81. The topological polar surface area (TPSA) is 55.8 Å². The van der Waals surface area contributed by atoms with Gasteiger partial charge in [-0.1, -0.05) is 6.92 Å². The molecule has 0 aromatic rings. The third-order valence-electron chi connectivity index (χ3n) is 2.88. The van der Waals surface area contributed by atoms with E-state index in [4.69, 9.17) is 9.47 Å². The molecule has 0 radical (unpaired) electrons. The highest BCUT2D eigenvalue weighted by atomic mass is 16.5. The average molecular weight is 216 g/mol. The van der Waals surface area contributed by atoms with E-state index in [1.54, 1.807) is 6.92 Å². The van der Waals surface area contributed by atoms with Crippen LogP contribution >= 0.6 is 0 Å². The predicted octanol–water partition coefficient (Wildman–Crippen LogP) is 1.12. The fourth-order valence-corrected chi connectivity index (χ4v) is 2.09. The second-order valence-corrected chi connectivity index (χ2v) is 3.97. The molecule has 2 unspecified atom stereocenters. The highest BCUT2D eigenvalue weighted by Gasteiger charge is 2.42. The normalized spacial score (nSPS) is 28.5. The summed E-state index contributed by atoms with van der Waals surface area (Å²) in [4.78, 5) is 11.6. The van der Waals surface area contributed by atoms with Crippen molar-refractivity contribution < 1.29 is 19.4 Å². The Morgan fingerprint density at radius 1 is 1.60 bits per heavy atom. The smallest absolute Gasteiger partial charge is 0.311 e. The maximum atomic E-state index is 11.6. The second-order valence-electron chi connectivity index (χ2n) is 3.97. The molecule has 0 aliphatic carbocycles. The van der Waals surface area contributed by atoms with Crippen LogP contribution in [-0.2, 0) is 14.3 Å². The minimum Gasteiger partial charge on any atom is -0.466 e. The molecule has 1 rings (SSSR count). The molecule has 0 saturated carbocycles. The molecule has 2 atom stereocenters. The molecule has 1 heterocycles. The molecule has 0 spiro atoms. The predicted molar refractivity (Wildman–Crippen MR) is 55.4 cm³/mol. The molecule has 88 valence electrons. The number of esters is 1. The Labute approximate surface area is 90.6 Å². The van der Waals surface area contributed by atoms with E-state index in [0.29, 0.717) is 26.1 Å². The third kappa shape index (κ3) is 2.92. The van der Waals surface area contributed by atoms with Gasteiger partial charge in [0.2, 0.25) is 0 Å². The van der Waals surface area contributed by atoms with E-state index in [1.807, 2.05) is 6.92 Å². The van der Waals surface area contributed by atoms with Gasteiger partial charge in [-0.25, -0.2) is 0 Å². The number of carbonyl (C=O) groups excluding carboxylic acids is 1. The van der Waals surface area contributed by atoms with Crippen LogP contribution in [0.15, 0.2) is 0 Å². The van der Waals surface area contributed by atoms with Gasteiger partial charge in [-0.05, 0) is 26.2 Å². The van der Waals surface area contributed by atoms with Crippen LogP contribution in [0.2, 0.25) is 0 Å². The van der Waals surface area contributed by atoms with Crippen LogP contribution in [0.3, 0.4) is 0 Å². The highest BCUT2D eigenvalue weighted by Crippen LogP contribution is 2.30. The van der Waals surface area contributed by atoms with Gasteiger partial charge < -0.3 is 14.6 Å². The van der Waals surface area contributed by atoms with E-state index >= 15 is 0 Å². The monoisotopic (exact) mass is 216 g/mol. The molecule has 4 heteroatoms. The summed E-state index contributed by atoms with van der Waals surface area (Å²) in [6, 6.07) is 0. The number of hydrogen-bond acceptors (Lipinski definition) is 4. The molecule has 15 heavy (non-hydrogen) atoms. The maximum Gasteiger partial charge on any atom is 0.311 e. The first-order valence-corrected chi connectivity index (χ1v) is 5.60. The Morgan fingerprint density at radius 2 is 2.33 bits per heavy atom. The van der Waals surface area contributed by atoms with Crippen LogP contribution in [0.5, 0.6) is 0 Å². The van der Waals surface area contributed by atoms with E-state index in [9.17, 15) is 9.90 Å². The Morgan fingerprint density at radius 3 is 2.80 bits per heavy atom. The van der Waals surface area contributed by atoms with Gasteiger partial charge in [0.05, 0.1) is 19.1 Å². The first-order chi connectivity index (χ1) is 7.14. The zero-order chi connectivity index (χ0) is 11.3. The Bertz CT molecular complexity index is 209. The Balaban J connectivity index is 2.66. The molecular formula is C11H20O4. The highest BCUT2D eigenvalue weighted by molar-refractivity contribution is 5.73. The summed E-state index contributed by atoms with van der Waals surface area (Å²) in [6.45, 7) is 4.92. The molecule has 0 bridgehead atoms. The van der Waals surface area contributed by atoms with Crippen molar-refractivity contribution in [3.05, 3.63) is 0 Å². The van der Waals surface area contributed by atoms with Gasteiger partial charge in [0.25, 0.3) is 0 Å². The molecule has 1 aliphatic rings. The standard InChI is InChI=1S/C11H20O4/c1-3-9(10(12)15-4-2)11(13)6-5-7-14-8-11/h9,13H,3-8H2,1-2H3. The number of aliphatic hydroxyl groups is 1. The molecule has 1 aliphatic heterocycles.